The van der Waals surface area contributed by atoms with Crippen molar-refractivity contribution in [2.45, 2.75) is 39.0 Å². The SMILES string of the molecule is Cc1nc2ccccn2c(=O)c1NC(=O)C1CCCCC1. The molecule has 2 aromatic rings. The van der Waals surface area contributed by atoms with Crippen LogP contribution in [0.1, 0.15) is 37.8 Å². The van der Waals surface area contributed by atoms with Gasteiger partial charge in [-0.25, -0.2) is 4.98 Å². The lowest BCUT2D eigenvalue weighted by Gasteiger charge is -2.21. The monoisotopic (exact) mass is 285 g/mol. The van der Waals surface area contributed by atoms with E-state index in [4.69, 9.17) is 0 Å². The second-order valence-electron chi connectivity index (χ2n) is 5.63. The van der Waals surface area contributed by atoms with E-state index in [-0.39, 0.29) is 17.4 Å². The highest BCUT2D eigenvalue weighted by molar-refractivity contribution is 5.93. The van der Waals surface area contributed by atoms with Crippen LogP contribution >= 0.6 is 0 Å². The summed E-state index contributed by atoms with van der Waals surface area (Å²) in [6.45, 7) is 1.75. The molecule has 2 heterocycles. The Kier molecular flexibility index (Phi) is 3.73. The van der Waals surface area contributed by atoms with E-state index in [1.807, 2.05) is 6.07 Å². The molecule has 0 atom stereocenters. The number of hydrogen-bond acceptors (Lipinski definition) is 3. The van der Waals surface area contributed by atoms with Gasteiger partial charge >= 0.3 is 0 Å². The molecule has 1 saturated carbocycles. The van der Waals surface area contributed by atoms with Crippen molar-refractivity contribution in [2.75, 3.05) is 5.32 Å². The fourth-order valence-corrected chi connectivity index (χ4v) is 2.93. The molecule has 5 nitrogen and oxygen atoms in total. The molecule has 1 aliphatic rings. The summed E-state index contributed by atoms with van der Waals surface area (Å²) < 4.78 is 1.46. The first-order valence-corrected chi connectivity index (χ1v) is 7.45. The van der Waals surface area contributed by atoms with Gasteiger partial charge in [0.1, 0.15) is 11.3 Å². The van der Waals surface area contributed by atoms with Crippen LogP contribution in [0.25, 0.3) is 5.65 Å². The van der Waals surface area contributed by atoms with Gasteiger partial charge in [-0.1, -0.05) is 25.3 Å². The van der Waals surface area contributed by atoms with Crippen molar-refractivity contribution < 1.29 is 4.79 Å². The predicted octanol–water partition coefficient (Wildman–Crippen LogP) is 2.52. The molecular weight excluding hydrogens is 266 g/mol. The second kappa shape index (κ2) is 5.68. The summed E-state index contributed by atoms with van der Waals surface area (Å²) in [6, 6.07) is 5.39. The third-order valence-corrected chi connectivity index (χ3v) is 4.14. The topological polar surface area (TPSA) is 63.5 Å². The van der Waals surface area contributed by atoms with Gasteiger partial charge in [-0.05, 0) is 31.9 Å². The number of nitrogens with zero attached hydrogens (tertiary/aromatic N) is 2. The number of rotatable bonds is 2. The summed E-state index contributed by atoms with van der Waals surface area (Å²) >= 11 is 0. The van der Waals surface area contributed by atoms with Gasteiger partial charge in [-0.2, -0.15) is 0 Å². The Labute approximate surface area is 123 Å². The molecule has 0 aliphatic heterocycles. The van der Waals surface area contributed by atoms with Crippen LogP contribution in [0.2, 0.25) is 0 Å². The molecule has 1 amide bonds. The maximum absolute atomic E-state index is 12.5. The Bertz CT molecular complexity index is 730. The molecule has 0 spiro atoms. The van der Waals surface area contributed by atoms with Gasteiger partial charge in [-0.15, -0.1) is 0 Å². The summed E-state index contributed by atoms with van der Waals surface area (Å²) in [5.74, 6) is -0.0263. The van der Waals surface area contributed by atoms with Crippen molar-refractivity contribution in [3.63, 3.8) is 0 Å². The zero-order valence-corrected chi connectivity index (χ0v) is 12.1. The normalized spacial score (nSPS) is 16.0. The van der Waals surface area contributed by atoms with Gasteiger partial charge in [0.15, 0.2) is 0 Å². The Balaban J connectivity index is 1.93. The third kappa shape index (κ3) is 2.68. The molecule has 1 N–H and O–H groups in total. The zero-order chi connectivity index (χ0) is 14.8. The first kappa shape index (κ1) is 13.8. The van der Waals surface area contributed by atoms with Crippen LogP contribution in [0.3, 0.4) is 0 Å². The summed E-state index contributed by atoms with van der Waals surface area (Å²) in [6.07, 6.45) is 6.86. The molecule has 2 aromatic heterocycles. The number of carbonyl (C=O) groups excluding carboxylic acids is 1. The largest absolute Gasteiger partial charge is 0.320 e. The van der Waals surface area contributed by atoms with E-state index in [0.29, 0.717) is 17.0 Å². The van der Waals surface area contributed by atoms with Gasteiger partial charge in [0.05, 0.1) is 5.69 Å². The third-order valence-electron chi connectivity index (χ3n) is 4.14. The number of carbonyl (C=O) groups is 1. The van der Waals surface area contributed by atoms with Crippen LogP contribution in [0.4, 0.5) is 5.69 Å². The number of pyridine rings is 1. The molecule has 3 rings (SSSR count). The Morgan fingerprint density at radius 3 is 2.81 bits per heavy atom. The summed E-state index contributed by atoms with van der Waals surface area (Å²) in [5, 5.41) is 2.81. The Morgan fingerprint density at radius 1 is 1.29 bits per heavy atom. The molecule has 0 radical (unpaired) electrons. The highest BCUT2D eigenvalue weighted by atomic mass is 16.2. The fourth-order valence-electron chi connectivity index (χ4n) is 2.93. The van der Waals surface area contributed by atoms with Crippen molar-refractivity contribution >= 4 is 17.2 Å². The average Bonchev–Trinajstić information content (AvgIpc) is 2.52. The van der Waals surface area contributed by atoms with Crippen molar-refractivity contribution in [3.8, 4) is 0 Å². The van der Waals surface area contributed by atoms with Crippen LogP contribution < -0.4 is 10.9 Å². The molecule has 0 saturated heterocycles. The average molecular weight is 285 g/mol. The fraction of sp³-hybridized carbons (Fsp3) is 0.438. The van der Waals surface area contributed by atoms with Gasteiger partial charge in [0.25, 0.3) is 5.56 Å². The Morgan fingerprint density at radius 2 is 2.05 bits per heavy atom. The maximum atomic E-state index is 12.5. The maximum Gasteiger partial charge on any atom is 0.281 e. The minimum absolute atomic E-state index is 0.0222. The molecule has 0 unspecified atom stereocenters. The van der Waals surface area contributed by atoms with E-state index in [1.54, 1.807) is 25.3 Å². The smallest absolute Gasteiger partial charge is 0.281 e. The van der Waals surface area contributed by atoms with E-state index in [0.717, 1.165) is 25.7 Å². The zero-order valence-electron chi connectivity index (χ0n) is 12.1. The molecule has 1 aliphatic carbocycles. The van der Waals surface area contributed by atoms with Crippen LogP contribution in [-0.4, -0.2) is 15.3 Å². The van der Waals surface area contributed by atoms with Crippen molar-refractivity contribution in [1.82, 2.24) is 9.38 Å². The lowest BCUT2D eigenvalue weighted by atomic mass is 9.88. The molecule has 110 valence electrons. The molecule has 0 bridgehead atoms. The Hall–Kier alpha value is -2.17. The number of aryl methyl sites for hydroxylation is 1. The van der Waals surface area contributed by atoms with E-state index in [2.05, 4.69) is 10.3 Å². The number of aromatic nitrogens is 2. The summed E-state index contributed by atoms with van der Waals surface area (Å²) in [5.41, 5.74) is 1.24. The number of hydrogen-bond donors (Lipinski definition) is 1. The van der Waals surface area contributed by atoms with Crippen molar-refractivity contribution in [3.05, 3.63) is 40.4 Å². The van der Waals surface area contributed by atoms with E-state index >= 15 is 0 Å². The molecule has 0 aromatic carbocycles. The van der Waals surface area contributed by atoms with Gasteiger partial charge in [-0.3, -0.25) is 14.0 Å². The highest BCUT2D eigenvalue weighted by Gasteiger charge is 2.23. The molecular formula is C16H19N3O2. The van der Waals surface area contributed by atoms with E-state index in [9.17, 15) is 9.59 Å². The molecule has 5 heteroatoms. The second-order valence-corrected chi connectivity index (χ2v) is 5.63. The van der Waals surface area contributed by atoms with Crippen LogP contribution in [0.15, 0.2) is 29.2 Å². The molecule has 1 fully saturated rings. The first-order chi connectivity index (χ1) is 10.2. The summed E-state index contributed by atoms with van der Waals surface area (Å²) in [7, 11) is 0. The van der Waals surface area contributed by atoms with Crippen molar-refractivity contribution in [2.24, 2.45) is 5.92 Å². The first-order valence-electron chi connectivity index (χ1n) is 7.45. The van der Waals surface area contributed by atoms with Gasteiger partial charge < -0.3 is 5.32 Å². The standard InChI is InChI=1S/C16H19N3O2/c1-11-14(18-15(20)12-7-3-2-4-8-12)16(21)19-10-6-5-9-13(19)17-11/h5-6,9-10,12H,2-4,7-8H2,1H3,(H,18,20). The number of anilines is 1. The lowest BCUT2D eigenvalue weighted by Crippen LogP contribution is -2.30. The highest BCUT2D eigenvalue weighted by Crippen LogP contribution is 2.24. The van der Waals surface area contributed by atoms with Gasteiger partial charge in [0.2, 0.25) is 5.91 Å². The van der Waals surface area contributed by atoms with E-state index < -0.39 is 0 Å². The van der Waals surface area contributed by atoms with Crippen LogP contribution in [-0.2, 0) is 4.79 Å². The van der Waals surface area contributed by atoms with Crippen molar-refractivity contribution in [1.29, 1.82) is 0 Å². The van der Waals surface area contributed by atoms with Crippen LogP contribution in [0, 0.1) is 12.8 Å². The summed E-state index contributed by atoms with van der Waals surface area (Å²) in [4.78, 5) is 29.2. The number of fused-ring (bicyclic) bond motifs is 1. The number of amides is 1. The lowest BCUT2D eigenvalue weighted by molar-refractivity contribution is -0.120. The van der Waals surface area contributed by atoms with Gasteiger partial charge in [0, 0.05) is 12.1 Å². The molecule has 21 heavy (non-hydrogen) atoms. The van der Waals surface area contributed by atoms with E-state index in [1.165, 1.54) is 10.8 Å². The number of nitrogens with one attached hydrogen (secondary N) is 1. The quantitative estimate of drug-likeness (QED) is 0.922. The van der Waals surface area contributed by atoms with Crippen LogP contribution in [0.5, 0.6) is 0 Å². The predicted molar refractivity (Wildman–Crippen MR) is 81.4 cm³/mol. The minimum atomic E-state index is -0.220. The minimum Gasteiger partial charge on any atom is -0.320 e.